The van der Waals surface area contributed by atoms with Crippen LogP contribution in [-0.4, -0.2) is 0 Å². The average molecular weight is 373 g/mol. The molecule has 0 nitrogen and oxygen atoms in total. The van der Waals surface area contributed by atoms with Gasteiger partial charge in [0.05, 0.1) is 0 Å². The van der Waals surface area contributed by atoms with Gasteiger partial charge in [-0.25, -0.2) is 0 Å². The molecule has 0 amide bonds. The van der Waals surface area contributed by atoms with Gasteiger partial charge >= 0.3 is 0 Å². The van der Waals surface area contributed by atoms with E-state index in [1.807, 2.05) is 0 Å². The summed E-state index contributed by atoms with van der Waals surface area (Å²) in [7, 11) is 0. The van der Waals surface area contributed by atoms with E-state index in [0.717, 1.165) is 0 Å². The highest BCUT2D eigenvalue weighted by Crippen LogP contribution is 2.37. The van der Waals surface area contributed by atoms with Crippen LogP contribution in [0.3, 0.4) is 0 Å². The summed E-state index contributed by atoms with van der Waals surface area (Å²) in [6.07, 6.45) is 0. The summed E-state index contributed by atoms with van der Waals surface area (Å²) in [4.78, 5) is 0. The second-order valence-corrected chi connectivity index (χ2v) is 8.90. The van der Waals surface area contributed by atoms with E-state index in [-0.39, 0.29) is 5.41 Å². The van der Waals surface area contributed by atoms with E-state index in [9.17, 15) is 0 Å². The lowest BCUT2D eigenvalue weighted by molar-refractivity contribution is 0.590. The molecule has 2 aromatic carbocycles. The van der Waals surface area contributed by atoms with Gasteiger partial charge in [0.15, 0.2) is 0 Å². The van der Waals surface area contributed by atoms with Crippen molar-refractivity contribution in [1.29, 1.82) is 0 Å². The van der Waals surface area contributed by atoms with Gasteiger partial charge in [-0.1, -0.05) is 88.7 Å². The van der Waals surface area contributed by atoms with Crippen molar-refractivity contribution in [3.05, 3.63) is 57.6 Å². The summed E-state index contributed by atoms with van der Waals surface area (Å²) in [6.45, 7) is 15.8. The van der Waals surface area contributed by atoms with E-state index < -0.39 is 0 Å². The monoisotopic (exact) mass is 372 g/mol. The summed E-state index contributed by atoms with van der Waals surface area (Å²) < 4.78 is 1.28. The minimum atomic E-state index is 0.199. The smallest absolute Gasteiger partial charge is 0.0244 e. The molecular weight excluding hydrogens is 344 g/mol. The summed E-state index contributed by atoms with van der Waals surface area (Å²) in [5, 5.41) is 0. The second kappa shape index (κ2) is 6.81. The molecule has 0 aliphatic heterocycles. The molecule has 0 aliphatic carbocycles. The lowest BCUT2D eigenvalue weighted by Gasteiger charge is -2.20. The van der Waals surface area contributed by atoms with Crippen LogP contribution < -0.4 is 0 Å². The predicted octanol–water partition coefficient (Wildman–Crippen LogP) is 7.66. The summed E-state index contributed by atoms with van der Waals surface area (Å²) in [5.74, 6) is 1.02. The molecule has 124 valence electrons. The molecule has 0 N–H and O–H groups in total. The van der Waals surface area contributed by atoms with Gasteiger partial charge in [0.1, 0.15) is 0 Å². The predicted molar refractivity (Wildman–Crippen MR) is 106 cm³/mol. The molecule has 0 atom stereocenters. The molecule has 0 aliphatic rings. The molecule has 0 spiro atoms. The molecule has 0 radical (unpaired) electrons. The van der Waals surface area contributed by atoms with Crippen LogP contribution in [0.25, 0.3) is 11.1 Å². The molecule has 1 heteroatoms. The van der Waals surface area contributed by atoms with Gasteiger partial charge in [-0.15, -0.1) is 0 Å². The van der Waals surface area contributed by atoms with E-state index >= 15 is 0 Å². The van der Waals surface area contributed by atoms with Crippen LogP contribution in [0.4, 0.5) is 0 Å². The van der Waals surface area contributed by atoms with Crippen LogP contribution >= 0.6 is 15.9 Å². The van der Waals surface area contributed by atoms with Crippen molar-refractivity contribution in [3.8, 4) is 11.1 Å². The third kappa shape index (κ3) is 4.07. The Morgan fingerprint density at radius 3 is 1.52 bits per heavy atom. The Morgan fingerprint density at radius 1 is 0.739 bits per heavy atom. The van der Waals surface area contributed by atoms with Crippen molar-refractivity contribution < 1.29 is 0 Å². The molecule has 0 bridgehead atoms. The fraction of sp³-hybridized carbons (Fsp3) is 0.455. The van der Waals surface area contributed by atoms with Crippen LogP contribution in [0, 0.1) is 0 Å². The SMILES string of the molecule is CC(C)c1cc(-c2ccc(C(C)(C)C)cc2)cc(C(C)C)c1Br. The molecule has 23 heavy (non-hydrogen) atoms. The number of benzene rings is 2. The first-order chi connectivity index (χ1) is 10.6. The van der Waals surface area contributed by atoms with Crippen molar-refractivity contribution in [2.75, 3.05) is 0 Å². The zero-order valence-electron chi connectivity index (χ0n) is 15.5. The van der Waals surface area contributed by atoms with E-state index in [4.69, 9.17) is 0 Å². The maximum Gasteiger partial charge on any atom is 0.0244 e. The first-order valence-corrected chi connectivity index (χ1v) is 9.34. The van der Waals surface area contributed by atoms with Gasteiger partial charge in [-0.05, 0) is 57.2 Å². The summed E-state index contributed by atoms with van der Waals surface area (Å²) in [6, 6.07) is 13.7. The Morgan fingerprint density at radius 2 is 1.17 bits per heavy atom. The molecule has 2 rings (SSSR count). The fourth-order valence-electron chi connectivity index (χ4n) is 2.84. The third-order valence-electron chi connectivity index (χ3n) is 4.46. The maximum atomic E-state index is 3.83. The second-order valence-electron chi connectivity index (χ2n) is 8.11. The summed E-state index contributed by atoms with van der Waals surface area (Å²) >= 11 is 3.83. The molecule has 2 aromatic rings. The minimum Gasteiger partial charge on any atom is -0.0586 e. The van der Waals surface area contributed by atoms with Crippen LogP contribution in [0.5, 0.6) is 0 Å². The molecular formula is C22H29Br. The standard InChI is InChI=1S/C22H29Br/c1-14(2)19-12-17(13-20(15(3)4)21(19)23)16-8-10-18(11-9-16)22(5,6)7/h8-15H,1-7H3. The molecule has 0 saturated heterocycles. The Bertz CT molecular complexity index is 641. The number of rotatable bonds is 3. The van der Waals surface area contributed by atoms with E-state index in [0.29, 0.717) is 11.8 Å². The van der Waals surface area contributed by atoms with Crippen LogP contribution in [0.2, 0.25) is 0 Å². The number of hydrogen-bond acceptors (Lipinski definition) is 0. The molecule has 0 saturated carbocycles. The zero-order valence-corrected chi connectivity index (χ0v) is 17.1. The molecule has 0 unspecified atom stereocenters. The van der Waals surface area contributed by atoms with Gasteiger partial charge in [0.2, 0.25) is 0 Å². The van der Waals surface area contributed by atoms with Crippen LogP contribution in [0.15, 0.2) is 40.9 Å². The van der Waals surface area contributed by atoms with Crippen molar-refractivity contribution in [3.63, 3.8) is 0 Å². The Hall–Kier alpha value is -1.08. The summed E-state index contributed by atoms with van der Waals surface area (Å²) in [5.41, 5.74) is 6.99. The minimum absolute atomic E-state index is 0.199. The van der Waals surface area contributed by atoms with Crippen LogP contribution in [-0.2, 0) is 5.41 Å². The normalized spacial score (nSPS) is 12.3. The van der Waals surface area contributed by atoms with Gasteiger partial charge in [0, 0.05) is 4.47 Å². The first-order valence-electron chi connectivity index (χ1n) is 8.55. The Balaban J connectivity index is 2.55. The lowest BCUT2D eigenvalue weighted by Crippen LogP contribution is -2.10. The molecule has 0 heterocycles. The highest BCUT2D eigenvalue weighted by molar-refractivity contribution is 9.10. The number of hydrogen-bond donors (Lipinski definition) is 0. The van der Waals surface area contributed by atoms with Crippen molar-refractivity contribution >= 4 is 15.9 Å². The van der Waals surface area contributed by atoms with E-state index in [1.165, 1.54) is 32.3 Å². The highest BCUT2D eigenvalue weighted by atomic mass is 79.9. The third-order valence-corrected chi connectivity index (χ3v) is 5.37. The van der Waals surface area contributed by atoms with E-state index in [1.54, 1.807) is 0 Å². The van der Waals surface area contributed by atoms with Crippen molar-refractivity contribution in [2.24, 2.45) is 0 Å². The fourth-order valence-corrected chi connectivity index (χ4v) is 3.98. The lowest BCUT2D eigenvalue weighted by atomic mass is 9.85. The highest BCUT2D eigenvalue weighted by Gasteiger charge is 2.16. The quantitative estimate of drug-likeness (QED) is 0.518. The Labute approximate surface area is 150 Å². The Kier molecular flexibility index (Phi) is 5.41. The average Bonchev–Trinajstić information content (AvgIpc) is 2.46. The molecule has 0 aromatic heterocycles. The zero-order chi connectivity index (χ0) is 17.4. The molecule has 0 fully saturated rings. The number of halogens is 1. The maximum absolute atomic E-state index is 3.83. The van der Waals surface area contributed by atoms with Crippen molar-refractivity contribution in [1.82, 2.24) is 0 Å². The van der Waals surface area contributed by atoms with Crippen LogP contribution in [0.1, 0.15) is 77.0 Å². The van der Waals surface area contributed by atoms with Gasteiger partial charge in [-0.2, -0.15) is 0 Å². The first kappa shape index (κ1) is 18.3. The van der Waals surface area contributed by atoms with Gasteiger partial charge in [-0.3, -0.25) is 0 Å². The topological polar surface area (TPSA) is 0 Å². The van der Waals surface area contributed by atoms with Gasteiger partial charge < -0.3 is 0 Å². The van der Waals surface area contributed by atoms with E-state index in [2.05, 4.69) is 101 Å². The largest absolute Gasteiger partial charge is 0.0586 e. The van der Waals surface area contributed by atoms with Gasteiger partial charge in [0.25, 0.3) is 0 Å². The van der Waals surface area contributed by atoms with Crippen molar-refractivity contribution in [2.45, 2.75) is 65.7 Å².